The molecule has 1 aliphatic heterocycles. The summed E-state index contributed by atoms with van der Waals surface area (Å²) in [5, 5.41) is 2.61. The Morgan fingerprint density at radius 1 is 1.16 bits per heavy atom. The first-order valence-corrected chi connectivity index (χ1v) is 5.69. The summed E-state index contributed by atoms with van der Waals surface area (Å²) in [5.74, 6) is 0.173. The summed E-state index contributed by atoms with van der Waals surface area (Å²) in [6.07, 6.45) is 0. The van der Waals surface area contributed by atoms with Crippen LogP contribution in [0.5, 0.6) is 11.5 Å². The minimum Gasteiger partial charge on any atom is -0.454 e. The summed E-state index contributed by atoms with van der Waals surface area (Å²) in [6.45, 7) is 0.0968. The van der Waals surface area contributed by atoms with Gasteiger partial charge in [0.25, 0.3) is 5.91 Å². The molecule has 1 amide bonds. The fraction of sp³-hybridized carbons (Fsp3) is 0.0714. The summed E-state index contributed by atoms with van der Waals surface area (Å²) >= 11 is 0. The lowest BCUT2D eigenvalue weighted by Gasteiger charge is -2.07. The van der Waals surface area contributed by atoms with Crippen LogP contribution >= 0.6 is 0 Å². The maximum absolute atomic E-state index is 13.0. The van der Waals surface area contributed by atoms with E-state index in [1.165, 1.54) is 18.2 Å². The average Bonchev–Trinajstić information content (AvgIpc) is 2.86. The molecule has 0 radical (unpaired) electrons. The van der Waals surface area contributed by atoms with Gasteiger partial charge in [-0.2, -0.15) is 0 Å². The highest BCUT2D eigenvalue weighted by Crippen LogP contribution is 2.35. The van der Waals surface area contributed by atoms with Gasteiger partial charge in [0, 0.05) is 5.69 Å². The third-order valence-corrected chi connectivity index (χ3v) is 2.72. The summed E-state index contributed by atoms with van der Waals surface area (Å²) in [7, 11) is 0. The van der Waals surface area contributed by atoms with Crippen molar-refractivity contribution in [1.29, 1.82) is 0 Å². The molecule has 1 aliphatic rings. The van der Waals surface area contributed by atoms with E-state index in [0.717, 1.165) is 0 Å². The number of para-hydroxylation sites is 1. The molecule has 1 N–H and O–H groups in total. The molecule has 0 saturated carbocycles. The van der Waals surface area contributed by atoms with Crippen LogP contribution in [0.25, 0.3) is 0 Å². The second-order valence-corrected chi connectivity index (χ2v) is 4.00. The van der Waals surface area contributed by atoms with E-state index in [2.05, 4.69) is 5.32 Å². The summed E-state index contributed by atoms with van der Waals surface area (Å²) in [6, 6.07) is 10.8. The molecular formula is C14H10FNO3. The zero-order valence-electron chi connectivity index (χ0n) is 9.85. The molecule has 0 spiro atoms. The van der Waals surface area contributed by atoms with Crippen LogP contribution in [0.3, 0.4) is 0 Å². The third kappa shape index (κ3) is 2.22. The Kier molecular flexibility index (Phi) is 2.79. The van der Waals surface area contributed by atoms with Gasteiger partial charge in [-0.3, -0.25) is 4.79 Å². The first-order chi connectivity index (χ1) is 9.24. The van der Waals surface area contributed by atoms with Crippen LogP contribution in [-0.2, 0) is 0 Å². The van der Waals surface area contributed by atoms with E-state index in [9.17, 15) is 9.18 Å². The first kappa shape index (κ1) is 11.5. The van der Waals surface area contributed by atoms with Gasteiger partial charge in [0.1, 0.15) is 5.82 Å². The van der Waals surface area contributed by atoms with Gasteiger partial charge in [-0.05, 0) is 30.3 Å². The molecule has 0 saturated heterocycles. The van der Waals surface area contributed by atoms with E-state index in [-0.39, 0.29) is 12.7 Å². The fourth-order valence-electron chi connectivity index (χ4n) is 1.87. The molecule has 1 heterocycles. The maximum Gasteiger partial charge on any atom is 0.259 e. The Labute approximate surface area is 108 Å². The summed E-state index contributed by atoms with van der Waals surface area (Å²) in [4.78, 5) is 12.1. The number of hydrogen-bond donors (Lipinski definition) is 1. The van der Waals surface area contributed by atoms with Crippen LogP contribution in [-0.4, -0.2) is 12.7 Å². The Balaban J connectivity index is 1.87. The number of nitrogens with one attached hydrogen (secondary N) is 1. The van der Waals surface area contributed by atoms with E-state index >= 15 is 0 Å². The smallest absolute Gasteiger partial charge is 0.259 e. The largest absolute Gasteiger partial charge is 0.454 e. The molecule has 0 aliphatic carbocycles. The predicted octanol–water partition coefficient (Wildman–Crippen LogP) is 2.81. The molecule has 3 rings (SSSR count). The number of anilines is 1. The van der Waals surface area contributed by atoms with E-state index < -0.39 is 5.82 Å². The van der Waals surface area contributed by atoms with Gasteiger partial charge in [-0.15, -0.1) is 0 Å². The Hall–Kier alpha value is -2.56. The van der Waals surface area contributed by atoms with Gasteiger partial charge in [0.2, 0.25) is 6.79 Å². The van der Waals surface area contributed by atoms with Crippen molar-refractivity contribution in [2.75, 3.05) is 12.1 Å². The van der Waals surface area contributed by atoms with Gasteiger partial charge in [-0.25, -0.2) is 4.39 Å². The summed E-state index contributed by atoms with van der Waals surface area (Å²) < 4.78 is 23.5. The van der Waals surface area contributed by atoms with E-state index in [1.807, 2.05) is 0 Å². The van der Waals surface area contributed by atoms with Crippen molar-refractivity contribution >= 4 is 11.6 Å². The molecule has 5 heteroatoms. The van der Waals surface area contributed by atoms with Gasteiger partial charge in [0.15, 0.2) is 11.5 Å². The average molecular weight is 259 g/mol. The second-order valence-electron chi connectivity index (χ2n) is 4.00. The SMILES string of the molecule is O=C(Nc1cccc(F)c1)c1cccc2c1OCO2. The number of hydrogen-bond acceptors (Lipinski definition) is 3. The van der Waals surface area contributed by atoms with Crippen molar-refractivity contribution in [3.8, 4) is 11.5 Å². The van der Waals surface area contributed by atoms with Crippen molar-refractivity contribution in [1.82, 2.24) is 0 Å². The van der Waals surface area contributed by atoms with Crippen LogP contribution in [0.4, 0.5) is 10.1 Å². The van der Waals surface area contributed by atoms with Crippen LogP contribution < -0.4 is 14.8 Å². The zero-order chi connectivity index (χ0) is 13.2. The predicted molar refractivity (Wildman–Crippen MR) is 66.9 cm³/mol. The standard InChI is InChI=1S/C14H10FNO3/c15-9-3-1-4-10(7-9)16-14(17)11-5-2-6-12-13(11)19-8-18-12/h1-7H,8H2,(H,16,17). The number of fused-ring (bicyclic) bond motifs is 1. The van der Waals surface area contributed by atoms with Crippen molar-refractivity contribution in [3.63, 3.8) is 0 Å². The summed E-state index contributed by atoms with van der Waals surface area (Å²) in [5.41, 5.74) is 0.751. The van der Waals surface area contributed by atoms with E-state index in [1.54, 1.807) is 24.3 Å². The van der Waals surface area contributed by atoms with E-state index in [4.69, 9.17) is 9.47 Å². The normalized spacial score (nSPS) is 12.3. The van der Waals surface area contributed by atoms with E-state index in [0.29, 0.717) is 22.7 Å². The molecule has 4 nitrogen and oxygen atoms in total. The third-order valence-electron chi connectivity index (χ3n) is 2.72. The Morgan fingerprint density at radius 2 is 2.00 bits per heavy atom. The minimum absolute atomic E-state index is 0.0968. The van der Waals surface area contributed by atoms with Crippen LogP contribution in [0, 0.1) is 5.82 Å². The zero-order valence-corrected chi connectivity index (χ0v) is 9.85. The molecule has 2 aromatic rings. The Bertz CT molecular complexity index is 642. The molecule has 0 aromatic heterocycles. The van der Waals surface area contributed by atoms with Crippen LogP contribution in [0.2, 0.25) is 0 Å². The number of benzene rings is 2. The highest BCUT2D eigenvalue weighted by atomic mass is 19.1. The van der Waals surface area contributed by atoms with Crippen LogP contribution in [0.1, 0.15) is 10.4 Å². The molecule has 19 heavy (non-hydrogen) atoms. The van der Waals surface area contributed by atoms with Crippen molar-refractivity contribution in [2.45, 2.75) is 0 Å². The van der Waals surface area contributed by atoms with Crippen molar-refractivity contribution in [3.05, 3.63) is 53.8 Å². The van der Waals surface area contributed by atoms with Crippen molar-refractivity contribution in [2.24, 2.45) is 0 Å². The number of carbonyl (C=O) groups excluding carboxylic acids is 1. The quantitative estimate of drug-likeness (QED) is 0.902. The molecule has 0 bridgehead atoms. The molecule has 2 aromatic carbocycles. The lowest BCUT2D eigenvalue weighted by molar-refractivity contribution is 0.102. The molecular weight excluding hydrogens is 249 g/mol. The highest BCUT2D eigenvalue weighted by Gasteiger charge is 2.21. The van der Waals surface area contributed by atoms with Gasteiger partial charge in [0.05, 0.1) is 5.56 Å². The first-order valence-electron chi connectivity index (χ1n) is 5.69. The number of ether oxygens (including phenoxy) is 2. The second kappa shape index (κ2) is 4.61. The topological polar surface area (TPSA) is 47.6 Å². The molecule has 96 valence electrons. The number of amides is 1. The van der Waals surface area contributed by atoms with Gasteiger partial charge >= 0.3 is 0 Å². The number of carbonyl (C=O) groups is 1. The monoisotopic (exact) mass is 259 g/mol. The highest BCUT2D eigenvalue weighted by molar-refractivity contribution is 6.06. The molecule has 0 unspecified atom stereocenters. The van der Waals surface area contributed by atoms with Gasteiger partial charge < -0.3 is 14.8 Å². The van der Waals surface area contributed by atoms with Crippen molar-refractivity contribution < 1.29 is 18.7 Å². The van der Waals surface area contributed by atoms with Crippen LogP contribution in [0.15, 0.2) is 42.5 Å². The number of halogens is 1. The fourth-order valence-corrected chi connectivity index (χ4v) is 1.87. The maximum atomic E-state index is 13.0. The minimum atomic E-state index is -0.407. The lowest BCUT2D eigenvalue weighted by atomic mass is 10.1. The lowest BCUT2D eigenvalue weighted by Crippen LogP contribution is -2.12. The molecule has 0 atom stereocenters. The molecule has 0 fully saturated rings. The van der Waals surface area contributed by atoms with Gasteiger partial charge in [-0.1, -0.05) is 12.1 Å². The Morgan fingerprint density at radius 3 is 2.84 bits per heavy atom. The number of rotatable bonds is 2.